The second-order valence-corrected chi connectivity index (χ2v) is 3.38. The predicted octanol–water partition coefficient (Wildman–Crippen LogP) is 0.292. The van der Waals surface area contributed by atoms with Gasteiger partial charge in [-0.05, 0) is 20.5 Å². The van der Waals surface area contributed by atoms with Crippen LogP contribution in [0, 0.1) is 5.92 Å². The lowest BCUT2D eigenvalue weighted by Crippen LogP contribution is -2.22. The van der Waals surface area contributed by atoms with Gasteiger partial charge >= 0.3 is 6.09 Å². The van der Waals surface area contributed by atoms with Crippen LogP contribution >= 0.6 is 0 Å². The number of carbonyl (C=O) groups is 1. The minimum Gasteiger partial charge on any atom is -0.449 e. The molecule has 1 aliphatic carbocycles. The summed E-state index contributed by atoms with van der Waals surface area (Å²) >= 11 is 0. The maximum atomic E-state index is 10.7. The Kier molecular flexibility index (Phi) is 2.92. The summed E-state index contributed by atoms with van der Waals surface area (Å²) in [6.45, 7) is 0.544. The highest BCUT2D eigenvalue weighted by Crippen LogP contribution is 2.34. The van der Waals surface area contributed by atoms with Crippen LogP contribution in [0.1, 0.15) is 6.42 Å². The van der Waals surface area contributed by atoms with Gasteiger partial charge in [-0.3, -0.25) is 0 Å². The average molecular weight is 172 g/mol. The first-order chi connectivity index (χ1) is 5.65. The zero-order valence-corrected chi connectivity index (χ0v) is 7.83. The van der Waals surface area contributed by atoms with E-state index in [1.165, 1.54) is 0 Å². The molecule has 0 heterocycles. The summed E-state index contributed by atoms with van der Waals surface area (Å²) in [7, 11) is 5.66. The van der Waals surface area contributed by atoms with E-state index in [0.717, 1.165) is 6.42 Å². The van der Waals surface area contributed by atoms with E-state index >= 15 is 0 Å². The molecule has 70 valence electrons. The Hall–Kier alpha value is -0.770. The van der Waals surface area contributed by atoms with Crippen molar-refractivity contribution in [3.05, 3.63) is 0 Å². The van der Waals surface area contributed by atoms with E-state index in [2.05, 4.69) is 10.2 Å². The first-order valence-corrected chi connectivity index (χ1v) is 4.16. The number of alkyl carbamates (subject to hydrolysis) is 1. The van der Waals surface area contributed by atoms with Gasteiger partial charge in [0.1, 0.15) is 0 Å². The van der Waals surface area contributed by atoms with Gasteiger partial charge in [0.2, 0.25) is 0 Å². The molecular formula is C8H16N2O2. The highest BCUT2D eigenvalue weighted by atomic mass is 16.5. The molecule has 0 saturated heterocycles. The fourth-order valence-electron chi connectivity index (χ4n) is 1.30. The maximum absolute atomic E-state index is 10.7. The Balaban J connectivity index is 2.08. The van der Waals surface area contributed by atoms with Crippen molar-refractivity contribution < 1.29 is 9.53 Å². The van der Waals surface area contributed by atoms with Crippen LogP contribution < -0.4 is 5.32 Å². The lowest BCUT2D eigenvalue weighted by atomic mass is 10.4. The van der Waals surface area contributed by atoms with Gasteiger partial charge in [-0.25, -0.2) is 4.79 Å². The van der Waals surface area contributed by atoms with Crippen LogP contribution in [-0.2, 0) is 4.74 Å². The molecule has 0 aromatic rings. The van der Waals surface area contributed by atoms with Crippen LogP contribution in [0.5, 0.6) is 0 Å². The largest absolute Gasteiger partial charge is 0.449 e. The Morgan fingerprint density at radius 3 is 2.75 bits per heavy atom. The smallest absolute Gasteiger partial charge is 0.406 e. The van der Waals surface area contributed by atoms with Crippen LogP contribution in [0.3, 0.4) is 0 Å². The van der Waals surface area contributed by atoms with Crippen LogP contribution in [0.25, 0.3) is 0 Å². The quantitative estimate of drug-likeness (QED) is 0.665. The lowest BCUT2D eigenvalue weighted by Gasteiger charge is -2.08. The monoisotopic (exact) mass is 172 g/mol. The molecule has 1 aliphatic rings. The van der Waals surface area contributed by atoms with Gasteiger partial charge in [0.15, 0.2) is 0 Å². The number of hydrogen-bond acceptors (Lipinski definition) is 3. The van der Waals surface area contributed by atoms with Crippen LogP contribution in [0.4, 0.5) is 4.79 Å². The normalized spacial score (nSPS) is 27.0. The van der Waals surface area contributed by atoms with Crippen LogP contribution in [0.15, 0.2) is 0 Å². The van der Waals surface area contributed by atoms with E-state index < -0.39 is 0 Å². The Bertz CT molecular complexity index is 170. The average Bonchev–Trinajstić information content (AvgIpc) is 2.79. The zero-order valence-electron chi connectivity index (χ0n) is 7.83. The summed E-state index contributed by atoms with van der Waals surface area (Å²) in [5.74, 6) is 0.539. The van der Waals surface area contributed by atoms with E-state index in [0.29, 0.717) is 18.6 Å². The summed E-state index contributed by atoms with van der Waals surface area (Å²) in [6.07, 6.45) is 0.809. The summed E-state index contributed by atoms with van der Waals surface area (Å²) in [6, 6.07) is 0.606. The zero-order chi connectivity index (χ0) is 9.14. The van der Waals surface area contributed by atoms with Crippen molar-refractivity contribution in [2.24, 2.45) is 5.92 Å². The molecule has 1 saturated carbocycles. The van der Waals surface area contributed by atoms with Crippen molar-refractivity contribution in [1.29, 1.82) is 0 Å². The Morgan fingerprint density at radius 1 is 1.67 bits per heavy atom. The molecule has 1 amide bonds. The van der Waals surface area contributed by atoms with Gasteiger partial charge in [0.25, 0.3) is 0 Å². The molecule has 4 nitrogen and oxygen atoms in total. The molecule has 1 N–H and O–H groups in total. The molecule has 1 fully saturated rings. The number of rotatable bonds is 3. The van der Waals surface area contributed by atoms with Crippen molar-refractivity contribution in [3.8, 4) is 0 Å². The third-order valence-corrected chi connectivity index (χ3v) is 2.18. The van der Waals surface area contributed by atoms with Crippen molar-refractivity contribution in [2.75, 3.05) is 27.7 Å². The molecular weight excluding hydrogens is 156 g/mol. The van der Waals surface area contributed by atoms with Gasteiger partial charge in [-0.1, -0.05) is 0 Å². The number of nitrogens with one attached hydrogen (secondary N) is 1. The van der Waals surface area contributed by atoms with E-state index in [4.69, 9.17) is 4.74 Å². The third-order valence-electron chi connectivity index (χ3n) is 2.18. The standard InChI is InChI=1S/C8H16N2O2/c1-9-8(11)12-5-6-4-7(6)10(2)3/h6-7H,4-5H2,1-3H3,(H,9,11)/t6-,7+/m1/s1. The first kappa shape index (κ1) is 9.32. The highest BCUT2D eigenvalue weighted by molar-refractivity contribution is 5.66. The number of amides is 1. The molecule has 0 bridgehead atoms. The van der Waals surface area contributed by atoms with E-state index in [1.54, 1.807) is 7.05 Å². The molecule has 0 radical (unpaired) electrons. The highest BCUT2D eigenvalue weighted by Gasteiger charge is 2.39. The molecule has 0 aliphatic heterocycles. The van der Waals surface area contributed by atoms with Crippen molar-refractivity contribution in [2.45, 2.75) is 12.5 Å². The number of carbonyl (C=O) groups excluding carboxylic acids is 1. The molecule has 12 heavy (non-hydrogen) atoms. The topological polar surface area (TPSA) is 41.6 Å². The summed E-state index contributed by atoms with van der Waals surface area (Å²) in [5.41, 5.74) is 0. The van der Waals surface area contributed by atoms with Gasteiger partial charge < -0.3 is 15.0 Å². The second-order valence-electron chi connectivity index (χ2n) is 3.38. The number of nitrogens with zero attached hydrogens (tertiary/aromatic N) is 1. The summed E-state index contributed by atoms with van der Waals surface area (Å²) < 4.78 is 4.92. The molecule has 4 heteroatoms. The molecule has 2 atom stereocenters. The lowest BCUT2D eigenvalue weighted by molar-refractivity contribution is 0.139. The van der Waals surface area contributed by atoms with Crippen molar-refractivity contribution in [3.63, 3.8) is 0 Å². The minimum absolute atomic E-state index is 0.334. The molecule has 0 aromatic carbocycles. The van der Waals surface area contributed by atoms with Crippen molar-refractivity contribution in [1.82, 2.24) is 10.2 Å². The van der Waals surface area contributed by atoms with Crippen LogP contribution in [0.2, 0.25) is 0 Å². The second kappa shape index (κ2) is 3.76. The SMILES string of the molecule is CNC(=O)OC[C@H]1C[C@@H]1N(C)C. The maximum Gasteiger partial charge on any atom is 0.406 e. The van der Waals surface area contributed by atoms with Gasteiger partial charge in [0.05, 0.1) is 6.61 Å². The molecule has 0 spiro atoms. The van der Waals surface area contributed by atoms with E-state index in [1.807, 2.05) is 14.1 Å². The fraction of sp³-hybridized carbons (Fsp3) is 0.875. The van der Waals surface area contributed by atoms with Crippen LogP contribution in [-0.4, -0.2) is 44.8 Å². The molecule has 0 aromatic heterocycles. The number of ether oxygens (including phenoxy) is 1. The molecule has 1 rings (SSSR count). The third kappa shape index (κ3) is 2.37. The fourth-order valence-corrected chi connectivity index (χ4v) is 1.30. The number of hydrogen-bond donors (Lipinski definition) is 1. The molecule has 0 unspecified atom stereocenters. The van der Waals surface area contributed by atoms with Crippen molar-refractivity contribution >= 4 is 6.09 Å². The summed E-state index contributed by atoms with van der Waals surface area (Å²) in [5, 5.41) is 2.42. The summed E-state index contributed by atoms with van der Waals surface area (Å²) in [4.78, 5) is 12.8. The van der Waals surface area contributed by atoms with Gasteiger partial charge in [-0.15, -0.1) is 0 Å². The van der Waals surface area contributed by atoms with E-state index in [9.17, 15) is 4.79 Å². The Labute approximate surface area is 72.9 Å². The van der Waals surface area contributed by atoms with E-state index in [-0.39, 0.29) is 6.09 Å². The first-order valence-electron chi connectivity index (χ1n) is 4.16. The van der Waals surface area contributed by atoms with Gasteiger partial charge in [0, 0.05) is 19.0 Å². The Morgan fingerprint density at radius 2 is 2.33 bits per heavy atom. The van der Waals surface area contributed by atoms with Gasteiger partial charge in [-0.2, -0.15) is 0 Å². The predicted molar refractivity (Wildman–Crippen MR) is 46.0 cm³/mol. The minimum atomic E-state index is -0.334.